The molecule has 0 atom stereocenters. The number of hydrogen-bond donors (Lipinski definition) is 2. The zero-order chi connectivity index (χ0) is 17.6. The van der Waals surface area contributed by atoms with Gasteiger partial charge >= 0.3 is 0 Å². The van der Waals surface area contributed by atoms with E-state index in [0.717, 1.165) is 5.56 Å². The van der Waals surface area contributed by atoms with Gasteiger partial charge in [-0.05, 0) is 30.7 Å². The molecule has 0 radical (unpaired) electrons. The van der Waals surface area contributed by atoms with Gasteiger partial charge in [-0.25, -0.2) is 14.4 Å². The number of benzene rings is 2. The SMILES string of the molecule is Cc1ccc(CNc2ncc(C(=O)Nc3cccc(F)c3)cn2)cc1. The quantitative estimate of drug-likeness (QED) is 0.744. The second-order valence-electron chi connectivity index (χ2n) is 5.60. The number of rotatable bonds is 5. The second-order valence-corrected chi connectivity index (χ2v) is 5.60. The summed E-state index contributed by atoms with van der Waals surface area (Å²) in [5.74, 6) is -0.372. The van der Waals surface area contributed by atoms with Crippen LogP contribution in [0.1, 0.15) is 21.5 Å². The van der Waals surface area contributed by atoms with Gasteiger partial charge in [0.1, 0.15) is 5.82 Å². The molecule has 2 aromatic carbocycles. The third-order valence-electron chi connectivity index (χ3n) is 3.57. The maximum Gasteiger partial charge on any atom is 0.258 e. The van der Waals surface area contributed by atoms with E-state index in [9.17, 15) is 9.18 Å². The van der Waals surface area contributed by atoms with Crippen LogP contribution in [0.4, 0.5) is 16.0 Å². The summed E-state index contributed by atoms with van der Waals surface area (Å²) in [6, 6.07) is 13.8. The Labute approximate surface area is 145 Å². The molecule has 0 saturated heterocycles. The summed E-state index contributed by atoms with van der Waals surface area (Å²) >= 11 is 0. The number of nitrogens with one attached hydrogen (secondary N) is 2. The Kier molecular flexibility index (Phi) is 4.99. The highest BCUT2D eigenvalue weighted by Gasteiger charge is 2.08. The van der Waals surface area contributed by atoms with Crippen LogP contribution in [0.3, 0.4) is 0 Å². The maximum atomic E-state index is 13.1. The molecule has 1 heterocycles. The number of nitrogens with zero attached hydrogens (tertiary/aromatic N) is 2. The Morgan fingerprint density at radius 1 is 1.08 bits per heavy atom. The van der Waals surface area contributed by atoms with E-state index in [2.05, 4.69) is 20.6 Å². The van der Waals surface area contributed by atoms with Gasteiger partial charge in [0, 0.05) is 24.6 Å². The summed E-state index contributed by atoms with van der Waals surface area (Å²) < 4.78 is 13.1. The smallest absolute Gasteiger partial charge is 0.258 e. The highest BCUT2D eigenvalue weighted by atomic mass is 19.1. The summed E-state index contributed by atoms with van der Waals surface area (Å²) in [6.07, 6.45) is 2.86. The van der Waals surface area contributed by atoms with Crippen molar-refractivity contribution in [1.29, 1.82) is 0 Å². The fourth-order valence-corrected chi connectivity index (χ4v) is 2.19. The number of halogens is 1. The first-order valence-electron chi connectivity index (χ1n) is 7.78. The number of hydrogen-bond acceptors (Lipinski definition) is 4. The predicted molar refractivity (Wildman–Crippen MR) is 94.9 cm³/mol. The number of aryl methyl sites for hydroxylation is 1. The average Bonchev–Trinajstić information content (AvgIpc) is 2.62. The van der Waals surface area contributed by atoms with Gasteiger partial charge in [-0.15, -0.1) is 0 Å². The molecule has 0 aliphatic rings. The molecule has 0 fully saturated rings. The van der Waals surface area contributed by atoms with Crippen LogP contribution in [0.2, 0.25) is 0 Å². The van der Waals surface area contributed by atoms with E-state index < -0.39 is 11.7 Å². The number of carbonyl (C=O) groups excluding carboxylic acids is 1. The summed E-state index contributed by atoms with van der Waals surface area (Å²) in [5, 5.41) is 5.70. The molecule has 3 aromatic rings. The van der Waals surface area contributed by atoms with Crippen molar-refractivity contribution in [1.82, 2.24) is 9.97 Å². The van der Waals surface area contributed by atoms with E-state index >= 15 is 0 Å². The topological polar surface area (TPSA) is 66.9 Å². The minimum Gasteiger partial charge on any atom is -0.350 e. The molecular weight excluding hydrogens is 319 g/mol. The van der Waals surface area contributed by atoms with Crippen molar-refractivity contribution in [2.45, 2.75) is 13.5 Å². The van der Waals surface area contributed by atoms with Crippen LogP contribution in [0.15, 0.2) is 60.9 Å². The fourth-order valence-electron chi connectivity index (χ4n) is 2.19. The van der Waals surface area contributed by atoms with Crippen LogP contribution in [-0.2, 0) is 6.54 Å². The summed E-state index contributed by atoms with van der Waals surface area (Å²) in [5.41, 5.74) is 2.99. The highest BCUT2D eigenvalue weighted by molar-refractivity contribution is 6.03. The van der Waals surface area contributed by atoms with Crippen molar-refractivity contribution in [3.8, 4) is 0 Å². The van der Waals surface area contributed by atoms with Crippen molar-refractivity contribution in [2.24, 2.45) is 0 Å². The fraction of sp³-hybridized carbons (Fsp3) is 0.105. The van der Waals surface area contributed by atoms with E-state index in [1.54, 1.807) is 6.07 Å². The Morgan fingerprint density at radius 2 is 1.80 bits per heavy atom. The van der Waals surface area contributed by atoms with Crippen molar-refractivity contribution in [2.75, 3.05) is 10.6 Å². The lowest BCUT2D eigenvalue weighted by Crippen LogP contribution is -2.13. The molecule has 0 spiro atoms. The Morgan fingerprint density at radius 3 is 2.48 bits per heavy atom. The molecule has 25 heavy (non-hydrogen) atoms. The van der Waals surface area contributed by atoms with Crippen LogP contribution < -0.4 is 10.6 Å². The minimum atomic E-state index is -0.412. The lowest BCUT2D eigenvalue weighted by atomic mass is 10.1. The van der Waals surface area contributed by atoms with Gasteiger partial charge < -0.3 is 10.6 Å². The van der Waals surface area contributed by atoms with Crippen molar-refractivity contribution in [3.05, 3.63) is 83.4 Å². The third kappa shape index (κ3) is 4.60. The van der Waals surface area contributed by atoms with Gasteiger partial charge in [-0.1, -0.05) is 35.9 Å². The van der Waals surface area contributed by atoms with Gasteiger partial charge in [0.15, 0.2) is 0 Å². The van der Waals surface area contributed by atoms with Crippen LogP contribution in [0.25, 0.3) is 0 Å². The first-order chi connectivity index (χ1) is 12.1. The monoisotopic (exact) mass is 336 g/mol. The average molecular weight is 336 g/mol. The molecule has 1 aromatic heterocycles. The number of anilines is 2. The molecule has 5 nitrogen and oxygen atoms in total. The zero-order valence-electron chi connectivity index (χ0n) is 13.7. The van der Waals surface area contributed by atoms with E-state index in [1.807, 2.05) is 31.2 Å². The molecule has 3 rings (SSSR count). The van der Waals surface area contributed by atoms with E-state index in [-0.39, 0.29) is 0 Å². The Balaban J connectivity index is 1.59. The normalized spacial score (nSPS) is 10.3. The zero-order valence-corrected chi connectivity index (χ0v) is 13.7. The van der Waals surface area contributed by atoms with Crippen molar-refractivity contribution >= 4 is 17.5 Å². The minimum absolute atomic E-state index is 0.296. The van der Waals surface area contributed by atoms with Crippen LogP contribution in [0, 0.1) is 12.7 Å². The maximum absolute atomic E-state index is 13.1. The summed E-state index contributed by atoms with van der Waals surface area (Å²) in [4.78, 5) is 20.4. The highest BCUT2D eigenvalue weighted by Crippen LogP contribution is 2.11. The van der Waals surface area contributed by atoms with Crippen LogP contribution >= 0.6 is 0 Å². The van der Waals surface area contributed by atoms with Crippen LogP contribution in [-0.4, -0.2) is 15.9 Å². The summed E-state index contributed by atoms with van der Waals surface area (Å²) in [6.45, 7) is 2.63. The van der Waals surface area contributed by atoms with E-state index in [0.29, 0.717) is 23.7 Å². The molecule has 0 aliphatic heterocycles. The van der Waals surface area contributed by atoms with Crippen LogP contribution in [0.5, 0.6) is 0 Å². The van der Waals surface area contributed by atoms with Crippen molar-refractivity contribution in [3.63, 3.8) is 0 Å². The Bertz CT molecular complexity index is 863. The largest absolute Gasteiger partial charge is 0.350 e. The predicted octanol–water partition coefficient (Wildman–Crippen LogP) is 3.79. The Hall–Kier alpha value is -3.28. The van der Waals surface area contributed by atoms with Gasteiger partial charge in [0.05, 0.1) is 5.56 Å². The standard InChI is InChI=1S/C19H17FN4O/c1-13-5-7-14(8-6-13)10-21-19-22-11-15(12-23-19)18(25)24-17-4-2-3-16(20)9-17/h2-9,11-12H,10H2,1H3,(H,24,25)(H,21,22,23). The molecular formula is C19H17FN4O. The number of carbonyl (C=O) groups is 1. The lowest BCUT2D eigenvalue weighted by Gasteiger charge is -2.07. The third-order valence-corrected chi connectivity index (χ3v) is 3.57. The van der Waals surface area contributed by atoms with E-state index in [4.69, 9.17) is 0 Å². The summed E-state index contributed by atoms with van der Waals surface area (Å²) in [7, 11) is 0. The molecule has 0 aliphatic carbocycles. The molecule has 0 unspecified atom stereocenters. The van der Waals surface area contributed by atoms with Gasteiger partial charge in [0.2, 0.25) is 5.95 Å². The van der Waals surface area contributed by atoms with Gasteiger partial charge in [-0.2, -0.15) is 0 Å². The molecule has 1 amide bonds. The molecule has 2 N–H and O–H groups in total. The second kappa shape index (κ2) is 7.53. The molecule has 126 valence electrons. The number of amides is 1. The molecule has 0 bridgehead atoms. The number of aromatic nitrogens is 2. The van der Waals surface area contributed by atoms with Gasteiger partial charge in [0.25, 0.3) is 5.91 Å². The first kappa shape index (κ1) is 16.6. The van der Waals surface area contributed by atoms with E-state index in [1.165, 1.54) is 36.2 Å². The lowest BCUT2D eigenvalue weighted by molar-refractivity contribution is 0.102. The molecule has 0 saturated carbocycles. The first-order valence-corrected chi connectivity index (χ1v) is 7.78. The van der Waals surface area contributed by atoms with Gasteiger partial charge in [-0.3, -0.25) is 4.79 Å². The van der Waals surface area contributed by atoms with Crippen molar-refractivity contribution < 1.29 is 9.18 Å². The molecule has 6 heteroatoms.